The van der Waals surface area contributed by atoms with E-state index in [2.05, 4.69) is 17.0 Å². The second-order valence-corrected chi connectivity index (χ2v) is 4.85. The molecule has 0 radical (unpaired) electrons. The van der Waals surface area contributed by atoms with E-state index in [1.165, 1.54) is 5.56 Å². The summed E-state index contributed by atoms with van der Waals surface area (Å²) in [7, 11) is 0. The van der Waals surface area contributed by atoms with Crippen molar-refractivity contribution in [2.45, 2.75) is 19.1 Å². The highest BCUT2D eigenvalue weighted by atomic mass is 19.4. The van der Waals surface area contributed by atoms with Gasteiger partial charge in [0.05, 0.1) is 5.92 Å². The van der Waals surface area contributed by atoms with E-state index in [-0.39, 0.29) is 5.92 Å². The quantitative estimate of drug-likeness (QED) is 0.893. The minimum atomic E-state index is -5.08. The third kappa shape index (κ3) is 6.13. The van der Waals surface area contributed by atoms with Crippen molar-refractivity contribution in [3.63, 3.8) is 0 Å². The molecule has 1 aromatic carbocycles. The van der Waals surface area contributed by atoms with Crippen LogP contribution in [0.1, 0.15) is 12.0 Å². The van der Waals surface area contributed by atoms with Gasteiger partial charge in [0.1, 0.15) is 0 Å². The van der Waals surface area contributed by atoms with Crippen LogP contribution in [0.2, 0.25) is 0 Å². The Balaban J connectivity index is 0.000000295. The summed E-state index contributed by atoms with van der Waals surface area (Å²) in [4.78, 5) is 21.9. The zero-order chi connectivity index (χ0) is 16.8. The van der Waals surface area contributed by atoms with E-state index in [4.69, 9.17) is 15.0 Å². The summed E-state index contributed by atoms with van der Waals surface area (Å²) >= 11 is 0. The summed E-state index contributed by atoms with van der Waals surface area (Å²) in [5.41, 5.74) is 1.25. The molecule has 1 aromatic rings. The molecule has 0 aliphatic carbocycles. The van der Waals surface area contributed by atoms with Crippen molar-refractivity contribution < 1.29 is 33.0 Å². The first kappa shape index (κ1) is 18.0. The van der Waals surface area contributed by atoms with E-state index < -0.39 is 18.1 Å². The summed E-state index contributed by atoms with van der Waals surface area (Å²) in [5.74, 6) is -3.59. The highest BCUT2D eigenvalue weighted by Crippen LogP contribution is 2.18. The second kappa shape index (κ2) is 7.79. The lowest BCUT2D eigenvalue weighted by Gasteiger charge is -2.14. The Kier molecular flexibility index (Phi) is 6.36. The number of aliphatic carboxylic acids is 2. The lowest BCUT2D eigenvalue weighted by Crippen LogP contribution is -2.22. The number of hydrogen-bond donors (Lipinski definition) is 2. The fourth-order valence-corrected chi connectivity index (χ4v) is 2.02. The molecule has 0 spiro atoms. The first-order valence-corrected chi connectivity index (χ1v) is 6.49. The van der Waals surface area contributed by atoms with E-state index >= 15 is 0 Å². The highest BCUT2D eigenvalue weighted by molar-refractivity contribution is 5.73. The number of likely N-dealkylation sites (tertiary alicyclic amines) is 1. The van der Waals surface area contributed by atoms with Gasteiger partial charge in [0.15, 0.2) is 0 Å². The summed E-state index contributed by atoms with van der Waals surface area (Å²) in [5, 5.41) is 16.0. The van der Waals surface area contributed by atoms with Gasteiger partial charge in [-0.15, -0.1) is 0 Å². The smallest absolute Gasteiger partial charge is 0.481 e. The predicted molar refractivity (Wildman–Crippen MR) is 71.2 cm³/mol. The van der Waals surface area contributed by atoms with Crippen molar-refractivity contribution in [3.05, 3.63) is 35.9 Å². The van der Waals surface area contributed by atoms with Crippen LogP contribution >= 0.6 is 0 Å². The monoisotopic (exact) mass is 319 g/mol. The Morgan fingerprint density at radius 1 is 1.18 bits per heavy atom. The van der Waals surface area contributed by atoms with Crippen molar-refractivity contribution in [3.8, 4) is 0 Å². The van der Waals surface area contributed by atoms with Crippen LogP contribution in [0.25, 0.3) is 0 Å². The van der Waals surface area contributed by atoms with Gasteiger partial charge in [0.2, 0.25) is 0 Å². The topological polar surface area (TPSA) is 77.8 Å². The number of carboxylic acids is 2. The van der Waals surface area contributed by atoms with Gasteiger partial charge < -0.3 is 10.2 Å². The Hall–Kier alpha value is -2.09. The van der Waals surface area contributed by atoms with Gasteiger partial charge in [-0.05, 0) is 18.5 Å². The number of alkyl halides is 3. The van der Waals surface area contributed by atoms with Crippen LogP contribution in [0.4, 0.5) is 13.2 Å². The number of rotatable bonds is 3. The van der Waals surface area contributed by atoms with Crippen LogP contribution in [0.3, 0.4) is 0 Å². The van der Waals surface area contributed by atoms with Crippen LogP contribution in [0.5, 0.6) is 0 Å². The van der Waals surface area contributed by atoms with Crippen molar-refractivity contribution in [2.24, 2.45) is 5.92 Å². The molecule has 1 aliphatic rings. The molecule has 122 valence electrons. The lowest BCUT2D eigenvalue weighted by atomic mass is 10.1. The van der Waals surface area contributed by atoms with E-state index in [1.54, 1.807) is 0 Å². The van der Waals surface area contributed by atoms with Gasteiger partial charge in [-0.25, -0.2) is 4.79 Å². The van der Waals surface area contributed by atoms with Gasteiger partial charge in [-0.2, -0.15) is 13.2 Å². The Morgan fingerprint density at radius 3 is 2.14 bits per heavy atom. The molecular weight excluding hydrogens is 303 g/mol. The van der Waals surface area contributed by atoms with E-state index in [0.29, 0.717) is 6.54 Å². The van der Waals surface area contributed by atoms with Crippen LogP contribution in [-0.4, -0.2) is 46.3 Å². The first-order chi connectivity index (χ1) is 10.2. The molecule has 8 heteroatoms. The average molecular weight is 319 g/mol. The van der Waals surface area contributed by atoms with E-state index in [0.717, 1.165) is 19.5 Å². The number of benzene rings is 1. The molecule has 1 heterocycles. The molecular formula is C14H16F3NO4. The molecule has 2 rings (SSSR count). The number of nitrogens with zero attached hydrogens (tertiary/aromatic N) is 1. The van der Waals surface area contributed by atoms with Crippen LogP contribution in [0.15, 0.2) is 30.3 Å². The zero-order valence-corrected chi connectivity index (χ0v) is 11.6. The number of hydrogen-bond acceptors (Lipinski definition) is 3. The largest absolute Gasteiger partial charge is 0.490 e. The van der Waals surface area contributed by atoms with Gasteiger partial charge in [-0.1, -0.05) is 30.3 Å². The van der Waals surface area contributed by atoms with Crippen molar-refractivity contribution >= 4 is 11.9 Å². The summed E-state index contributed by atoms with van der Waals surface area (Å²) in [6.07, 6.45) is -4.30. The minimum absolute atomic E-state index is 0.172. The van der Waals surface area contributed by atoms with Gasteiger partial charge in [0.25, 0.3) is 0 Å². The minimum Gasteiger partial charge on any atom is -0.481 e. The van der Waals surface area contributed by atoms with E-state index in [9.17, 15) is 18.0 Å². The van der Waals surface area contributed by atoms with Gasteiger partial charge >= 0.3 is 18.1 Å². The summed E-state index contributed by atoms with van der Waals surface area (Å²) in [6.45, 7) is 2.45. The molecule has 22 heavy (non-hydrogen) atoms. The van der Waals surface area contributed by atoms with Crippen LogP contribution in [-0.2, 0) is 16.1 Å². The number of carbonyl (C=O) groups is 2. The number of halogens is 3. The van der Waals surface area contributed by atoms with Crippen molar-refractivity contribution in [1.29, 1.82) is 0 Å². The van der Waals surface area contributed by atoms with E-state index in [1.807, 2.05) is 18.2 Å². The fourth-order valence-electron chi connectivity index (χ4n) is 2.02. The molecule has 1 atom stereocenters. The Labute approximate surface area is 125 Å². The van der Waals surface area contributed by atoms with Gasteiger partial charge in [-0.3, -0.25) is 9.69 Å². The standard InChI is InChI=1S/C12H15NO2.C2HF3O2/c14-12(15)11-6-7-13(9-11)8-10-4-2-1-3-5-10;3-2(4,5)1(6)7/h1-5,11H,6-9H2,(H,14,15);(H,6,7)/t11-;/m1./s1. The first-order valence-electron chi connectivity index (χ1n) is 6.49. The highest BCUT2D eigenvalue weighted by Gasteiger charge is 2.38. The second-order valence-electron chi connectivity index (χ2n) is 4.85. The van der Waals surface area contributed by atoms with Crippen molar-refractivity contribution in [1.82, 2.24) is 4.90 Å². The normalized spacial score (nSPS) is 18.4. The average Bonchev–Trinajstić information content (AvgIpc) is 2.88. The van der Waals surface area contributed by atoms with Crippen LogP contribution < -0.4 is 0 Å². The summed E-state index contributed by atoms with van der Waals surface area (Å²) in [6, 6.07) is 10.2. The Morgan fingerprint density at radius 2 is 1.73 bits per heavy atom. The fraction of sp³-hybridized carbons (Fsp3) is 0.429. The molecule has 1 fully saturated rings. The molecule has 0 unspecified atom stereocenters. The molecule has 5 nitrogen and oxygen atoms in total. The predicted octanol–water partition coefficient (Wildman–Crippen LogP) is 2.23. The molecule has 0 bridgehead atoms. The van der Waals surface area contributed by atoms with Gasteiger partial charge in [0, 0.05) is 13.1 Å². The SMILES string of the molecule is O=C(O)C(F)(F)F.O=C(O)[C@@H]1CCN(Cc2ccccc2)C1. The molecule has 0 saturated carbocycles. The van der Waals surface area contributed by atoms with Crippen molar-refractivity contribution in [2.75, 3.05) is 13.1 Å². The molecule has 0 aromatic heterocycles. The summed E-state index contributed by atoms with van der Waals surface area (Å²) < 4.78 is 31.7. The van der Waals surface area contributed by atoms with Crippen LogP contribution in [0, 0.1) is 5.92 Å². The molecule has 1 saturated heterocycles. The maximum atomic E-state index is 10.8. The number of carboxylic acid groups (broad SMARTS) is 2. The Bertz CT molecular complexity index is 505. The maximum Gasteiger partial charge on any atom is 0.490 e. The molecule has 2 N–H and O–H groups in total. The third-order valence-electron chi connectivity index (χ3n) is 3.11. The maximum absolute atomic E-state index is 10.8. The molecule has 0 amide bonds. The third-order valence-corrected chi connectivity index (χ3v) is 3.11. The zero-order valence-electron chi connectivity index (χ0n) is 11.6. The molecule has 1 aliphatic heterocycles. The lowest BCUT2D eigenvalue weighted by molar-refractivity contribution is -0.192.